The van der Waals surface area contributed by atoms with E-state index in [-0.39, 0.29) is 10.8 Å². The van der Waals surface area contributed by atoms with Crippen LogP contribution < -0.4 is 0 Å². The summed E-state index contributed by atoms with van der Waals surface area (Å²) in [6.07, 6.45) is 0. The van der Waals surface area contributed by atoms with Crippen molar-refractivity contribution in [2.75, 3.05) is 0 Å². The highest BCUT2D eigenvalue weighted by atomic mass is 32.1. The van der Waals surface area contributed by atoms with Crippen LogP contribution in [0.15, 0.2) is 136 Å². The van der Waals surface area contributed by atoms with Crippen molar-refractivity contribution in [2.45, 2.75) is 46.3 Å². The first-order valence-electron chi connectivity index (χ1n) is 12.8. The fourth-order valence-electron chi connectivity index (χ4n) is 5.41. The number of hydrogen-bond acceptors (Lipinski definition) is 3. The molecule has 0 N–H and O–H groups in total. The molecule has 0 saturated carbocycles. The molecule has 0 aromatic heterocycles. The highest BCUT2D eigenvalue weighted by molar-refractivity contribution is 7.80. The fraction of sp³-hybridized carbons (Fsp3) is 0.143. The Morgan fingerprint density at radius 3 is 0.763 bits per heavy atom. The van der Waals surface area contributed by atoms with Gasteiger partial charge in [0.25, 0.3) is 0 Å². The van der Waals surface area contributed by atoms with Crippen LogP contribution in [0, 0.1) is 6.92 Å². The summed E-state index contributed by atoms with van der Waals surface area (Å²) >= 11 is 13.6. The number of hydrogen-bond donors (Lipinski definition) is 3. The molecular formula is C35H32S3. The van der Waals surface area contributed by atoms with E-state index in [2.05, 4.69) is 180 Å². The molecule has 3 heteroatoms. The van der Waals surface area contributed by atoms with Gasteiger partial charge in [-0.2, -0.15) is 0 Å². The molecule has 0 aliphatic rings. The molecule has 0 nitrogen and oxygen atoms in total. The second-order valence-electron chi connectivity index (χ2n) is 10.3. The summed E-state index contributed by atoms with van der Waals surface area (Å²) in [7, 11) is 0. The molecule has 0 aliphatic carbocycles. The molecule has 0 radical (unpaired) electrons. The monoisotopic (exact) mass is 548 g/mol. The molecule has 190 valence electrons. The zero-order valence-electron chi connectivity index (χ0n) is 21.9. The number of benzene rings is 5. The molecule has 0 heterocycles. The molecule has 5 rings (SSSR count). The van der Waals surface area contributed by atoms with Crippen molar-refractivity contribution in [1.29, 1.82) is 0 Å². The van der Waals surface area contributed by atoms with Crippen LogP contribution in [-0.2, 0) is 10.8 Å². The standard InChI is InChI=1S/C35H32S3/c1-24-4-6-25(7-5-24)34(2,28-12-18-31(36)19-13-28)26-8-10-27(11-9-26)35(3,29-14-20-32(37)21-15-29)30-16-22-33(38)23-17-30/h4-23,36-38H,1-3H3. The van der Waals surface area contributed by atoms with Crippen molar-refractivity contribution in [3.05, 3.63) is 160 Å². The van der Waals surface area contributed by atoms with E-state index in [4.69, 9.17) is 0 Å². The van der Waals surface area contributed by atoms with E-state index in [0.717, 1.165) is 14.7 Å². The minimum Gasteiger partial charge on any atom is -0.143 e. The average Bonchev–Trinajstić information content (AvgIpc) is 2.94. The van der Waals surface area contributed by atoms with Gasteiger partial charge >= 0.3 is 0 Å². The first kappa shape index (κ1) is 26.7. The number of rotatable bonds is 6. The molecule has 0 bridgehead atoms. The van der Waals surface area contributed by atoms with Crippen molar-refractivity contribution in [3.63, 3.8) is 0 Å². The van der Waals surface area contributed by atoms with Gasteiger partial charge in [-0.25, -0.2) is 0 Å². The molecule has 0 spiro atoms. The largest absolute Gasteiger partial charge is 0.143 e. The third kappa shape index (κ3) is 4.96. The van der Waals surface area contributed by atoms with E-state index in [1.165, 1.54) is 38.9 Å². The molecule has 5 aromatic rings. The third-order valence-corrected chi connectivity index (χ3v) is 8.90. The predicted octanol–water partition coefficient (Wildman–Crippen LogP) is 9.57. The van der Waals surface area contributed by atoms with E-state index < -0.39 is 0 Å². The Hall–Kier alpha value is -2.85. The summed E-state index contributed by atoms with van der Waals surface area (Å²) < 4.78 is 0. The van der Waals surface area contributed by atoms with E-state index in [1.807, 2.05) is 0 Å². The zero-order valence-corrected chi connectivity index (χ0v) is 24.6. The maximum Gasteiger partial charge on any atom is 0.0423 e. The van der Waals surface area contributed by atoms with Gasteiger partial charge in [-0.15, -0.1) is 37.9 Å². The predicted molar refractivity (Wildman–Crippen MR) is 170 cm³/mol. The molecule has 0 amide bonds. The van der Waals surface area contributed by atoms with Gasteiger partial charge in [-0.3, -0.25) is 0 Å². The first-order chi connectivity index (χ1) is 18.2. The Morgan fingerprint density at radius 1 is 0.342 bits per heavy atom. The van der Waals surface area contributed by atoms with Gasteiger partial charge in [0.05, 0.1) is 0 Å². The van der Waals surface area contributed by atoms with Crippen molar-refractivity contribution < 1.29 is 0 Å². The highest BCUT2D eigenvalue weighted by Gasteiger charge is 2.34. The maximum absolute atomic E-state index is 4.53. The molecule has 0 fully saturated rings. The lowest BCUT2D eigenvalue weighted by atomic mass is 9.68. The van der Waals surface area contributed by atoms with Crippen LogP contribution in [0.2, 0.25) is 0 Å². The van der Waals surface area contributed by atoms with Gasteiger partial charge in [0.15, 0.2) is 0 Å². The van der Waals surface area contributed by atoms with Crippen LogP contribution in [0.5, 0.6) is 0 Å². The Labute approximate surface area is 243 Å². The molecule has 5 aromatic carbocycles. The average molecular weight is 549 g/mol. The quantitative estimate of drug-likeness (QED) is 0.137. The minimum atomic E-state index is -0.338. The zero-order chi connectivity index (χ0) is 26.9. The van der Waals surface area contributed by atoms with E-state index >= 15 is 0 Å². The highest BCUT2D eigenvalue weighted by Crippen LogP contribution is 2.43. The fourth-order valence-corrected chi connectivity index (χ4v) is 5.86. The first-order valence-corrected chi connectivity index (χ1v) is 14.1. The van der Waals surface area contributed by atoms with Crippen LogP contribution in [0.25, 0.3) is 0 Å². The lowest BCUT2D eigenvalue weighted by molar-refractivity contribution is 0.675. The Morgan fingerprint density at radius 2 is 0.526 bits per heavy atom. The molecule has 0 saturated heterocycles. The van der Waals surface area contributed by atoms with Gasteiger partial charge < -0.3 is 0 Å². The van der Waals surface area contributed by atoms with Gasteiger partial charge in [0.1, 0.15) is 0 Å². The molecule has 1 atom stereocenters. The smallest absolute Gasteiger partial charge is 0.0423 e. The van der Waals surface area contributed by atoms with Crippen LogP contribution >= 0.6 is 37.9 Å². The second kappa shape index (κ2) is 10.7. The van der Waals surface area contributed by atoms with E-state index in [0.29, 0.717) is 0 Å². The number of aryl methyl sites for hydroxylation is 1. The molecular weight excluding hydrogens is 517 g/mol. The summed E-state index contributed by atoms with van der Waals surface area (Å²) in [6.45, 7) is 6.75. The normalized spacial score (nSPS) is 13.2. The third-order valence-electron chi connectivity index (χ3n) is 8.00. The van der Waals surface area contributed by atoms with Crippen LogP contribution in [0.1, 0.15) is 52.8 Å². The SMILES string of the molecule is Cc1ccc(C(C)(c2ccc(S)cc2)c2ccc(C(C)(c3ccc(S)cc3)c3ccc(S)cc3)cc2)cc1. The van der Waals surface area contributed by atoms with Crippen LogP contribution in [0.3, 0.4) is 0 Å². The van der Waals surface area contributed by atoms with Crippen molar-refractivity contribution in [1.82, 2.24) is 0 Å². The van der Waals surface area contributed by atoms with Gasteiger partial charge in [-0.1, -0.05) is 90.5 Å². The van der Waals surface area contributed by atoms with E-state index in [9.17, 15) is 0 Å². The summed E-state index contributed by atoms with van der Waals surface area (Å²) in [6, 6.07) is 43.6. The summed E-state index contributed by atoms with van der Waals surface area (Å²) in [4.78, 5) is 2.88. The molecule has 0 aliphatic heterocycles. The Kier molecular flexibility index (Phi) is 7.55. The lowest BCUT2D eigenvalue weighted by Gasteiger charge is -2.35. The minimum absolute atomic E-state index is 0.314. The molecule has 1 unspecified atom stereocenters. The van der Waals surface area contributed by atoms with Crippen molar-refractivity contribution in [2.24, 2.45) is 0 Å². The van der Waals surface area contributed by atoms with Crippen molar-refractivity contribution >= 4 is 37.9 Å². The van der Waals surface area contributed by atoms with Gasteiger partial charge in [-0.05, 0) is 90.6 Å². The van der Waals surface area contributed by atoms with Crippen molar-refractivity contribution in [3.8, 4) is 0 Å². The lowest BCUT2D eigenvalue weighted by Crippen LogP contribution is -2.27. The van der Waals surface area contributed by atoms with Gasteiger partial charge in [0.2, 0.25) is 0 Å². The summed E-state index contributed by atoms with van der Waals surface area (Å²) in [5.41, 5.74) is 8.03. The van der Waals surface area contributed by atoms with Crippen LogP contribution in [-0.4, -0.2) is 0 Å². The summed E-state index contributed by atoms with van der Waals surface area (Å²) in [5.74, 6) is 0. The second-order valence-corrected chi connectivity index (χ2v) is 11.9. The Bertz CT molecular complexity index is 1300. The Balaban J connectivity index is 1.66. The van der Waals surface area contributed by atoms with Crippen LogP contribution in [0.4, 0.5) is 0 Å². The van der Waals surface area contributed by atoms with E-state index in [1.54, 1.807) is 0 Å². The topological polar surface area (TPSA) is 0 Å². The summed E-state index contributed by atoms with van der Waals surface area (Å²) in [5, 5.41) is 0. The van der Waals surface area contributed by atoms with Gasteiger partial charge in [0, 0.05) is 25.5 Å². The maximum atomic E-state index is 4.53. The molecule has 38 heavy (non-hydrogen) atoms. The number of thiol groups is 3.